The zero-order valence-electron chi connectivity index (χ0n) is 13.1. The first-order chi connectivity index (χ1) is 10.1. The van der Waals surface area contributed by atoms with Gasteiger partial charge in [0.1, 0.15) is 5.75 Å². The van der Waals surface area contributed by atoms with E-state index in [0.29, 0.717) is 45.1 Å². The number of hydrogen-bond acceptors (Lipinski definition) is 4. The van der Waals surface area contributed by atoms with Crippen molar-refractivity contribution in [2.75, 3.05) is 39.5 Å². The molecule has 1 N–H and O–H groups in total. The Balaban J connectivity index is 2.73. The second-order valence-corrected chi connectivity index (χ2v) is 4.69. The summed E-state index contributed by atoms with van der Waals surface area (Å²) < 4.78 is 10.6. The Morgan fingerprint density at radius 3 is 2.19 bits per heavy atom. The quantitative estimate of drug-likeness (QED) is 0.710. The number of carbonyl (C=O) groups excluding carboxylic acids is 1. The van der Waals surface area contributed by atoms with Crippen molar-refractivity contribution in [3.63, 3.8) is 0 Å². The van der Waals surface area contributed by atoms with E-state index in [1.165, 1.54) is 6.07 Å². The molecule has 0 aliphatic rings. The van der Waals surface area contributed by atoms with Gasteiger partial charge < -0.3 is 19.5 Å². The van der Waals surface area contributed by atoms with Crippen molar-refractivity contribution in [2.24, 2.45) is 0 Å². The maximum Gasteiger partial charge on any atom is 0.254 e. The van der Waals surface area contributed by atoms with Gasteiger partial charge in [0.2, 0.25) is 0 Å². The minimum Gasteiger partial charge on any atom is -0.508 e. The van der Waals surface area contributed by atoms with Gasteiger partial charge in [0, 0.05) is 31.9 Å². The van der Waals surface area contributed by atoms with Crippen LogP contribution in [0.15, 0.2) is 18.2 Å². The van der Waals surface area contributed by atoms with Gasteiger partial charge in [-0.15, -0.1) is 0 Å². The van der Waals surface area contributed by atoms with Gasteiger partial charge in [-0.1, -0.05) is 6.07 Å². The molecule has 118 valence electrons. The number of benzene rings is 1. The van der Waals surface area contributed by atoms with E-state index in [4.69, 9.17) is 9.47 Å². The number of phenolic OH excluding ortho intramolecular Hbond substituents is 1. The van der Waals surface area contributed by atoms with E-state index in [-0.39, 0.29) is 11.7 Å². The number of ether oxygens (including phenoxy) is 2. The second kappa shape index (κ2) is 9.37. The molecule has 0 aromatic heterocycles. The lowest BCUT2D eigenvalue weighted by molar-refractivity contribution is 0.0550. The third kappa shape index (κ3) is 5.73. The topological polar surface area (TPSA) is 59.0 Å². The Morgan fingerprint density at radius 2 is 1.71 bits per heavy atom. The maximum atomic E-state index is 12.5. The Bertz CT molecular complexity index is 438. The van der Waals surface area contributed by atoms with Gasteiger partial charge in [-0.2, -0.15) is 0 Å². The maximum absolute atomic E-state index is 12.5. The molecule has 1 aromatic carbocycles. The third-order valence-electron chi connectivity index (χ3n) is 3.16. The number of nitrogens with zero attached hydrogens (tertiary/aromatic N) is 1. The number of hydrogen-bond donors (Lipinski definition) is 1. The van der Waals surface area contributed by atoms with Crippen molar-refractivity contribution in [3.8, 4) is 5.75 Å². The molecule has 0 saturated heterocycles. The Morgan fingerprint density at radius 1 is 1.14 bits per heavy atom. The average Bonchev–Trinajstić information content (AvgIpc) is 2.48. The minimum absolute atomic E-state index is 0.121. The highest BCUT2D eigenvalue weighted by atomic mass is 16.5. The third-order valence-corrected chi connectivity index (χ3v) is 3.16. The molecule has 0 aliphatic carbocycles. The molecule has 0 saturated carbocycles. The molecule has 5 heteroatoms. The van der Waals surface area contributed by atoms with E-state index in [0.717, 1.165) is 5.56 Å². The molecule has 0 heterocycles. The molecule has 5 nitrogen and oxygen atoms in total. The van der Waals surface area contributed by atoms with Gasteiger partial charge in [0.15, 0.2) is 0 Å². The SMILES string of the molecule is CCOCCN(CCOCC)C(=O)c1ccc(C)c(O)c1. The van der Waals surface area contributed by atoms with Gasteiger partial charge in [-0.05, 0) is 38.5 Å². The summed E-state index contributed by atoms with van der Waals surface area (Å²) >= 11 is 0. The fraction of sp³-hybridized carbons (Fsp3) is 0.562. The van der Waals surface area contributed by atoms with Crippen LogP contribution in [0.5, 0.6) is 5.75 Å². The lowest BCUT2D eigenvalue weighted by Gasteiger charge is -2.22. The zero-order chi connectivity index (χ0) is 15.7. The fourth-order valence-corrected chi connectivity index (χ4v) is 1.88. The van der Waals surface area contributed by atoms with Crippen LogP contribution in [0.25, 0.3) is 0 Å². The Kier molecular flexibility index (Phi) is 7.79. The normalized spacial score (nSPS) is 10.6. The summed E-state index contributed by atoms with van der Waals surface area (Å²) in [4.78, 5) is 14.2. The molecular weight excluding hydrogens is 270 g/mol. The van der Waals surface area contributed by atoms with Crippen LogP contribution in [0.2, 0.25) is 0 Å². The highest BCUT2D eigenvalue weighted by molar-refractivity contribution is 5.94. The number of rotatable bonds is 9. The molecule has 1 aromatic rings. The van der Waals surface area contributed by atoms with Crippen LogP contribution in [-0.2, 0) is 9.47 Å². The largest absolute Gasteiger partial charge is 0.508 e. The van der Waals surface area contributed by atoms with Crippen LogP contribution in [0.3, 0.4) is 0 Å². The van der Waals surface area contributed by atoms with E-state index >= 15 is 0 Å². The summed E-state index contributed by atoms with van der Waals surface area (Å²) in [5.41, 5.74) is 1.23. The predicted octanol–water partition coefficient (Wildman–Crippen LogP) is 2.22. The van der Waals surface area contributed by atoms with Gasteiger partial charge in [-0.25, -0.2) is 0 Å². The smallest absolute Gasteiger partial charge is 0.254 e. The molecule has 0 unspecified atom stereocenters. The summed E-state index contributed by atoms with van der Waals surface area (Å²) in [7, 11) is 0. The van der Waals surface area contributed by atoms with Crippen LogP contribution in [0.1, 0.15) is 29.8 Å². The Hall–Kier alpha value is -1.59. The summed E-state index contributed by atoms with van der Waals surface area (Å²) in [5, 5.41) is 9.74. The van der Waals surface area contributed by atoms with E-state index in [2.05, 4.69) is 0 Å². The van der Waals surface area contributed by atoms with E-state index in [1.54, 1.807) is 24.0 Å². The highest BCUT2D eigenvalue weighted by Crippen LogP contribution is 2.18. The van der Waals surface area contributed by atoms with Crippen molar-refractivity contribution >= 4 is 5.91 Å². The van der Waals surface area contributed by atoms with Crippen molar-refractivity contribution in [1.29, 1.82) is 0 Å². The molecule has 21 heavy (non-hydrogen) atoms. The van der Waals surface area contributed by atoms with Gasteiger partial charge in [0.25, 0.3) is 5.91 Å². The van der Waals surface area contributed by atoms with Gasteiger partial charge in [0.05, 0.1) is 13.2 Å². The first-order valence-corrected chi connectivity index (χ1v) is 7.34. The molecule has 0 spiro atoms. The average molecular weight is 295 g/mol. The number of phenols is 1. The second-order valence-electron chi connectivity index (χ2n) is 4.69. The van der Waals surface area contributed by atoms with Gasteiger partial charge in [-0.3, -0.25) is 4.79 Å². The van der Waals surface area contributed by atoms with E-state index in [9.17, 15) is 9.90 Å². The number of aromatic hydroxyl groups is 1. The Labute approximate surface area is 126 Å². The first-order valence-electron chi connectivity index (χ1n) is 7.34. The van der Waals surface area contributed by atoms with Crippen molar-refractivity contribution < 1.29 is 19.4 Å². The summed E-state index contributed by atoms with van der Waals surface area (Å²) in [5.74, 6) is 0.0140. The molecule has 1 amide bonds. The monoisotopic (exact) mass is 295 g/mol. The van der Waals surface area contributed by atoms with Crippen LogP contribution < -0.4 is 0 Å². The van der Waals surface area contributed by atoms with Crippen LogP contribution in [-0.4, -0.2) is 55.4 Å². The lowest BCUT2D eigenvalue weighted by atomic mass is 10.1. The zero-order valence-corrected chi connectivity index (χ0v) is 13.1. The molecule has 0 radical (unpaired) electrons. The molecular formula is C16H25NO4. The summed E-state index contributed by atoms with van der Waals surface area (Å²) in [6.45, 7) is 8.89. The number of carbonyl (C=O) groups is 1. The lowest BCUT2D eigenvalue weighted by Crippen LogP contribution is -2.36. The number of aryl methyl sites for hydroxylation is 1. The molecule has 0 bridgehead atoms. The fourth-order valence-electron chi connectivity index (χ4n) is 1.88. The summed E-state index contributed by atoms with van der Waals surface area (Å²) in [6, 6.07) is 4.98. The van der Waals surface area contributed by atoms with Crippen LogP contribution in [0.4, 0.5) is 0 Å². The number of amides is 1. The van der Waals surface area contributed by atoms with Crippen LogP contribution >= 0.6 is 0 Å². The van der Waals surface area contributed by atoms with Gasteiger partial charge >= 0.3 is 0 Å². The highest BCUT2D eigenvalue weighted by Gasteiger charge is 2.16. The van der Waals surface area contributed by atoms with Crippen molar-refractivity contribution in [3.05, 3.63) is 29.3 Å². The predicted molar refractivity (Wildman–Crippen MR) is 81.7 cm³/mol. The standard InChI is InChI=1S/C16H25NO4/c1-4-20-10-8-17(9-11-21-5-2)16(19)14-7-6-13(3)15(18)12-14/h6-7,12,18H,4-5,8-11H2,1-3H3. The van der Waals surface area contributed by atoms with Crippen LogP contribution in [0, 0.1) is 6.92 Å². The molecule has 0 aliphatic heterocycles. The molecule has 0 fully saturated rings. The molecule has 0 atom stereocenters. The van der Waals surface area contributed by atoms with Crippen molar-refractivity contribution in [2.45, 2.75) is 20.8 Å². The minimum atomic E-state index is -0.121. The first kappa shape index (κ1) is 17.5. The van der Waals surface area contributed by atoms with E-state index < -0.39 is 0 Å². The van der Waals surface area contributed by atoms with Crippen molar-refractivity contribution in [1.82, 2.24) is 4.90 Å². The van der Waals surface area contributed by atoms with E-state index in [1.807, 2.05) is 13.8 Å². The summed E-state index contributed by atoms with van der Waals surface area (Å²) in [6.07, 6.45) is 0. The molecule has 1 rings (SSSR count).